The third-order valence-corrected chi connectivity index (χ3v) is 5.87. The molecule has 1 aliphatic heterocycles. The predicted octanol–water partition coefficient (Wildman–Crippen LogP) is 7.67. The van der Waals surface area contributed by atoms with E-state index in [-0.39, 0.29) is 29.6 Å². The molecule has 1 aromatic carbocycles. The average molecular weight is 421 g/mol. The van der Waals surface area contributed by atoms with E-state index in [0.29, 0.717) is 22.6 Å². The number of ether oxygens (including phenoxy) is 2. The molecule has 5 heteroatoms. The molecule has 0 spiro atoms. The minimum absolute atomic E-state index is 0.00288. The van der Waals surface area contributed by atoms with Gasteiger partial charge in [0.15, 0.2) is 23.1 Å². The fourth-order valence-electron chi connectivity index (χ4n) is 4.29. The van der Waals surface area contributed by atoms with Crippen LogP contribution in [-0.2, 0) is 11.2 Å². The number of hydrogen-bond acceptors (Lipinski definition) is 2. The molecule has 1 aromatic rings. The van der Waals surface area contributed by atoms with Gasteiger partial charge in [-0.25, -0.2) is 4.39 Å². The van der Waals surface area contributed by atoms with Gasteiger partial charge in [0.2, 0.25) is 11.6 Å². The number of allylic oxidation sites excluding steroid dienone is 2. The van der Waals surface area contributed by atoms with Crippen LogP contribution in [-0.4, -0.2) is 7.11 Å². The normalized spacial score (nSPS) is 22.2. The van der Waals surface area contributed by atoms with Gasteiger partial charge >= 0.3 is 0 Å². The molecule has 2 nitrogen and oxygen atoms in total. The summed E-state index contributed by atoms with van der Waals surface area (Å²) in [7, 11) is 1.27. The third-order valence-electron chi connectivity index (χ3n) is 5.87. The summed E-state index contributed by atoms with van der Waals surface area (Å²) < 4.78 is 54.2. The lowest BCUT2D eigenvalue weighted by atomic mass is 9.76. The van der Waals surface area contributed by atoms with Crippen molar-refractivity contribution < 1.29 is 22.6 Å². The fourth-order valence-corrected chi connectivity index (χ4v) is 4.29. The Balaban J connectivity index is 0.00000155. The summed E-state index contributed by atoms with van der Waals surface area (Å²) in [6.45, 7) is 15.4. The maximum Gasteiger partial charge on any atom is 0.207 e. The Bertz CT molecular complexity index is 833. The van der Waals surface area contributed by atoms with Crippen molar-refractivity contribution in [3.63, 3.8) is 0 Å². The molecular weight excluding hydrogens is 389 g/mol. The van der Waals surface area contributed by atoms with E-state index >= 15 is 0 Å². The third kappa shape index (κ3) is 4.82. The Morgan fingerprint density at radius 2 is 1.80 bits per heavy atom. The van der Waals surface area contributed by atoms with Gasteiger partial charge in [-0.15, -0.1) is 13.2 Å². The quantitative estimate of drug-likeness (QED) is 0.359. The zero-order valence-corrected chi connectivity index (χ0v) is 18.0. The second-order valence-corrected chi connectivity index (χ2v) is 7.74. The topological polar surface area (TPSA) is 18.5 Å². The first kappa shape index (κ1) is 23.8. The highest BCUT2D eigenvalue weighted by Crippen LogP contribution is 2.44. The predicted molar refractivity (Wildman–Crippen MR) is 115 cm³/mol. The lowest BCUT2D eigenvalue weighted by molar-refractivity contribution is 0.271. The Labute approximate surface area is 177 Å². The van der Waals surface area contributed by atoms with Gasteiger partial charge in [0.25, 0.3) is 0 Å². The van der Waals surface area contributed by atoms with Crippen molar-refractivity contribution in [1.82, 2.24) is 0 Å². The molecule has 2 aliphatic rings. The second kappa shape index (κ2) is 10.6. The summed E-state index contributed by atoms with van der Waals surface area (Å²) in [6.07, 6.45) is 6.32. The molecule has 164 valence electrons. The van der Waals surface area contributed by atoms with E-state index in [1.54, 1.807) is 6.07 Å². The second-order valence-electron chi connectivity index (χ2n) is 7.74. The van der Waals surface area contributed by atoms with Crippen LogP contribution in [0.25, 0.3) is 0 Å². The van der Waals surface area contributed by atoms with Gasteiger partial charge in [-0.2, -0.15) is 8.78 Å². The first-order chi connectivity index (χ1) is 14.4. The number of benzene rings is 1. The summed E-state index contributed by atoms with van der Waals surface area (Å²) in [4.78, 5) is 0. The number of rotatable bonds is 5. The van der Waals surface area contributed by atoms with E-state index in [2.05, 4.69) is 33.2 Å². The molecule has 0 atom stereocenters. The van der Waals surface area contributed by atoms with Gasteiger partial charge in [-0.05, 0) is 54.7 Å². The number of hydrogen-bond donors (Lipinski definition) is 0. The molecule has 3 rings (SSSR count). The van der Waals surface area contributed by atoms with Crippen LogP contribution >= 0.6 is 0 Å². The lowest BCUT2D eigenvalue weighted by Crippen LogP contribution is -2.18. The van der Waals surface area contributed by atoms with Crippen LogP contribution in [0.5, 0.6) is 5.75 Å². The van der Waals surface area contributed by atoms with Crippen molar-refractivity contribution in [3.05, 3.63) is 78.1 Å². The molecule has 0 unspecified atom stereocenters. The van der Waals surface area contributed by atoms with Crippen LogP contribution < -0.4 is 4.74 Å². The number of halogens is 3. The molecule has 0 N–H and O–H groups in total. The van der Waals surface area contributed by atoms with Gasteiger partial charge in [0.1, 0.15) is 0 Å². The van der Waals surface area contributed by atoms with Crippen LogP contribution in [0.15, 0.2) is 55.3 Å². The zero-order valence-electron chi connectivity index (χ0n) is 18.0. The number of methoxy groups -OCH3 is 1. The standard InChI is InChI=1S/C23H27F3O2.C2H4/c1-5-6-15-7-9-16(10-8-15)18-12-17-11-13(2)22(19(24)14(3)27-4)28-23(17)21(26)20(18)25;1-2/h12,15-16H,2-3,5-11H2,1,4H3;1-2H2/b22-19-;. The van der Waals surface area contributed by atoms with Gasteiger partial charge in [-0.3, -0.25) is 0 Å². The van der Waals surface area contributed by atoms with Crippen LogP contribution in [0.1, 0.15) is 62.5 Å². The van der Waals surface area contributed by atoms with Crippen molar-refractivity contribution in [2.75, 3.05) is 7.11 Å². The minimum Gasteiger partial charge on any atom is -0.494 e. The zero-order chi connectivity index (χ0) is 22.4. The molecule has 0 amide bonds. The first-order valence-electron chi connectivity index (χ1n) is 10.4. The van der Waals surface area contributed by atoms with Crippen LogP contribution in [0, 0.1) is 17.6 Å². The maximum absolute atomic E-state index is 14.8. The van der Waals surface area contributed by atoms with Crippen molar-refractivity contribution in [3.8, 4) is 5.75 Å². The summed E-state index contributed by atoms with van der Waals surface area (Å²) in [5.74, 6) is -2.92. The molecule has 0 saturated heterocycles. The van der Waals surface area contributed by atoms with Gasteiger partial charge < -0.3 is 9.47 Å². The minimum atomic E-state index is -1.07. The van der Waals surface area contributed by atoms with E-state index in [4.69, 9.17) is 9.47 Å². The molecule has 0 bridgehead atoms. The Morgan fingerprint density at radius 3 is 2.37 bits per heavy atom. The summed E-state index contributed by atoms with van der Waals surface area (Å²) in [5.41, 5.74) is 1.23. The highest BCUT2D eigenvalue weighted by atomic mass is 19.2. The van der Waals surface area contributed by atoms with Crippen molar-refractivity contribution in [2.45, 2.75) is 57.8 Å². The van der Waals surface area contributed by atoms with E-state index in [1.165, 1.54) is 13.5 Å². The van der Waals surface area contributed by atoms with Gasteiger partial charge in [0.05, 0.1) is 7.11 Å². The molecule has 0 aromatic heterocycles. The van der Waals surface area contributed by atoms with Crippen molar-refractivity contribution in [1.29, 1.82) is 0 Å². The smallest absolute Gasteiger partial charge is 0.207 e. The maximum atomic E-state index is 14.8. The summed E-state index contributed by atoms with van der Waals surface area (Å²) >= 11 is 0. The molecule has 30 heavy (non-hydrogen) atoms. The molecule has 0 radical (unpaired) electrons. The average Bonchev–Trinajstić information content (AvgIpc) is 2.77. The lowest BCUT2D eigenvalue weighted by Gasteiger charge is -2.30. The van der Waals surface area contributed by atoms with E-state index < -0.39 is 17.5 Å². The largest absolute Gasteiger partial charge is 0.494 e. The summed E-state index contributed by atoms with van der Waals surface area (Å²) in [6, 6.07) is 1.67. The van der Waals surface area contributed by atoms with Crippen LogP contribution in [0.4, 0.5) is 13.2 Å². The molecule has 1 aliphatic carbocycles. The Kier molecular flexibility index (Phi) is 8.39. The van der Waals surface area contributed by atoms with E-state index in [0.717, 1.165) is 32.1 Å². The molecule has 1 heterocycles. The van der Waals surface area contributed by atoms with Gasteiger partial charge in [-0.1, -0.05) is 32.9 Å². The Hall–Kier alpha value is -2.43. The SMILES string of the molecule is C=C.C=C(OC)/C(F)=C1/Oc2c(cc(C3CCC(CCC)CC3)c(F)c2F)CC1=C. The Morgan fingerprint density at radius 1 is 1.17 bits per heavy atom. The van der Waals surface area contributed by atoms with Crippen LogP contribution in [0.3, 0.4) is 0 Å². The molecular formula is C25H31F3O2. The van der Waals surface area contributed by atoms with Gasteiger partial charge in [0, 0.05) is 12.0 Å². The van der Waals surface area contributed by atoms with Crippen molar-refractivity contribution in [2.24, 2.45) is 5.92 Å². The number of fused-ring (bicyclic) bond motifs is 1. The highest BCUT2D eigenvalue weighted by molar-refractivity contribution is 5.51. The highest BCUT2D eigenvalue weighted by Gasteiger charge is 2.32. The first-order valence-corrected chi connectivity index (χ1v) is 10.4. The molecule has 1 fully saturated rings. The van der Waals surface area contributed by atoms with Crippen molar-refractivity contribution >= 4 is 0 Å². The van der Waals surface area contributed by atoms with E-state index in [1.807, 2.05) is 0 Å². The molecule has 1 saturated carbocycles. The summed E-state index contributed by atoms with van der Waals surface area (Å²) in [5, 5.41) is 0. The monoisotopic (exact) mass is 420 g/mol. The van der Waals surface area contributed by atoms with Crippen LogP contribution in [0.2, 0.25) is 0 Å². The fraction of sp³-hybridized carbons (Fsp3) is 0.440. The van der Waals surface area contributed by atoms with E-state index in [9.17, 15) is 13.2 Å².